The first-order valence-electron chi connectivity index (χ1n) is 18.6. The second kappa shape index (κ2) is 13.2. The molecule has 0 saturated carbocycles. The second-order valence-corrected chi connectivity index (χ2v) is 14.9. The Bertz CT molecular complexity index is 3200. The third-order valence-corrected chi connectivity index (χ3v) is 11.8. The molecule has 262 valence electrons. The van der Waals surface area contributed by atoms with Crippen LogP contribution in [0.15, 0.2) is 188 Å². The number of fused-ring (bicyclic) bond motifs is 6. The quantitative estimate of drug-likeness (QED) is 0.171. The van der Waals surface area contributed by atoms with Crippen LogP contribution >= 0.6 is 11.3 Å². The molecule has 0 aliphatic rings. The smallest absolute Gasteiger partial charge is 0.166 e. The van der Waals surface area contributed by atoms with Crippen LogP contribution in [0.1, 0.15) is 0 Å². The fourth-order valence-electron chi connectivity index (χ4n) is 7.94. The molecular formula is C50H31N5S. The van der Waals surface area contributed by atoms with E-state index in [9.17, 15) is 0 Å². The van der Waals surface area contributed by atoms with Gasteiger partial charge in [0.05, 0.1) is 16.7 Å². The molecule has 5 nitrogen and oxygen atoms in total. The minimum absolute atomic E-state index is 0.598. The van der Waals surface area contributed by atoms with E-state index in [2.05, 4.69) is 161 Å². The van der Waals surface area contributed by atoms with Gasteiger partial charge in [-0.15, -0.1) is 11.3 Å². The Hall–Kier alpha value is -7.28. The summed E-state index contributed by atoms with van der Waals surface area (Å²) in [5, 5.41) is 4.93. The topological polar surface area (TPSA) is 56.5 Å². The van der Waals surface area contributed by atoms with Crippen LogP contribution in [0.3, 0.4) is 0 Å². The van der Waals surface area contributed by atoms with E-state index < -0.39 is 0 Å². The first kappa shape index (κ1) is 32.2. The van der Waals surface area contributed by atoms with Gasteiger partial charge in [-0.2, -0.15) is 0 Å². The molecule has 0 aliphatic carbocycles. The van der Waals surface area contributed by atoms with Crippen molar-refractivity contribution < 1.29 is 0 Å². The Kier molecular flexibility index (Phi) is 7.60. The largest absolute Gasteiger partial charge is 0.308 e. The summed E-state index contributed by atoms with van der Waals surface area (Å²) in [6.07, 6.45) is 3.71. The molecule has 4 heterocycles. The van der Waals surface area contributed by atoms with Crippen molar-refractivity contribution in [2.75, 3.05) is 0 Å². The minimum Gasteiger partial charge on any atom is -0.308 e. The molecule has 0 aliphatic heterocycles. The van der Waals surface area contributed by atoms with E-state index in [1.165, 1.54) is 36.5 Å². The van der Waals surface area contributed by atoms with Crippen LogP contribution in [0.5, 0.6) is 0 Å². The minimum atomic E-state index is 0.598. The van der Waals surface area contributed by atoms with Gasteiger partial charge in [0.1, 0.15) is 0 Å². The van der Waals surface area contributed by atoms with E-state index >= 15 is 0 Å². The highest BCUT2D eigenvalue weighted by atomic mass is 32.1. The normalized spacial score (nSPS) is 11.6. The highest BCUT2D eigenvalue weighted by Gasteiger charge is 2.21. The van der Waals surface area contributed by atoms with Crippen molar-refractivity contribution >= 4 is 53.3 Å². The zero-order valence-corrected chi connectivity index (χ0v) is 30.9. The lowest BCUT2D eigenvalue weighted by Gasteiger charge is -2.16. The van der Waals surface area contributed by atoms with Crippen LogP contribution < -0.4 is 0 Å². The van der Waals surface area contributed by atoms with Crippen molar-refractivity contribution in [3.63, 3.8) is 0 Å². The third kappa shape index (κ3) is 5.38. The molecule has 0 unspecified atom stereocenters. The van der Waals surface area contributed by atoms with E-state index in [-0.39, 0.29) is 0 Å². The van der Waals surface area contributed by atoms with Crippen LogP contribution in [0.25, 0.3) is 104 Å². The average Bonchev–Trinajstić information content (AvgIpc) is 3.83. The summed E-state index contributed by atoms with van der Waals surface area (Å²) >= 11 is 1.84. The molecule has 0 spiro atoms. The molecular weight excluding hydrogens is 703 g/mol. The molecule has 7 aromatic carbocycles. The number of benzene rings is 7. The maximum Gasteiger partial charge on any atom is 0.166 e. The number of nitrogens with zero attached hydrogens (tertiary/aromatic N) is 5. The molecule has 4 aromatic heterocycles. The monoisotopic (exact) mass is 733 g/mol. The van der Waals surface area contributed by atoms with E-state index in [1.54, 1.807) is 6.20 Å². The summed E-state index contributed by atoms with van der Waals surface area (Å²) in [6.45, 7) is 0. The third-order valence-electron chi connectivity index (χ3n) is 10.6. The van der Waals surface area contributed by atoms with Gasteiger partial charge in [0.15, 0.2) is 17.5 Å². The summed E-state index contributed by atoms with van der Waals surface area (Å²) in [4.78, 5) is 20.1. The lowest BCUT2D eigenvalue weighted by molar-refractivity contribution is 1.06. The highest BCUT2D eigenvalue weighted by Crippen LogP contribution is 2.41. The van der Waals surface area contributed by atoms with E-state index in [1.807, 2.05) is 41.8 Å². The van der Waals surface area contributed by atoms with Crippen LogP contribution in [0, 0.1) is 0 Å². The average molecular weight is 734 g/mol. The first-order valence-corrected chi connectivity index (χ1v) is 19.4. The maximum absolute atomic E-state index is 5.32. The van der Waals surface area contributed by atoms with Gasteiger partial charge in [-0.25, -0.2) is 15.0 Å². The SMILES string of the molecule is c1ccc(-c2nc(-c3cccc(-c4cccc5c4sc4ccccc45)c3)nc(-c3ccc(-c4cccnc4)cc3-n3c4ccccc4c4ccccc43)n2)cc1. The number of aromatic nitrogens is 5. The molecule has 0 bridgehead atoms. The Morgan fingerprint density at radius 2 is 1.02 bits per heavy atom. The first-order chi connectivity index (χ1) is 27.8. The lowest BCUT2D eigenvalue weighted by atomic mass is 10.0. The maximum atomic E-state index is 5.32. The van der Waals surface area contributed by atoms with Crippen molar-refractivity contribution in [2.24, 2.45) is 0 Å². The number of hydrogen-bond acceptors (Lipinski definition) is 5. The summed E-state index contributed by atoms with van der Waals surface area (Å²) in [5.74, 6) is 1.83. The van der Waals surface area contributed by atoms with E-state index in [4.69, 9.17) is 15.0 Å². The van der Waals surface area contributed by atoms with E-state index in [0.717, 1.165) is 50.1 Å². The van der Waals surface area contributed by atoms with E-state index in [0.29, 0.717) is 17.5 Å². The Labute approximate surface area is 326 Å². The molecule has 56 heavy (non-hydrogen) atoms. The van der Waals surface area contributed by atoms with Gasteiger partial charge < -0.3 is 4.57 Å². The van der Waals surface area contributed by atoms with Gasteiger partial charge in [-0.3, -0.25) is 4.98 Å². The highest BCUT2D eigenvalue weighted by molar-refractivity contribution is 7.26. The van der Waals surface area contributed by atoms with Gasteiger partial charge in [0.2, 0.25) is 0 Å². The van der Waals surface area contributed by atoms with Gasteiger partial charge in [0.25, 0.3) is 0 Å². The van der Waals surface area contributed by atoms with Crippen LogP contribution in [0.2, 0.25) is 0 Å². The molecule has 6 heteroatoms. The fourth-order valence-corrected chi connectivity index (χ4v) is 9.18. The second-order valence-electron chi connectivity index (χ2n) is 13.9. The molecule has 11 aromatic rings. The summed E-state index contributed by atoms with van der Waals surface area (Å²) in [5.41, 5.74) is 10.4. The molecule has 0 N–H and O–H groups in total. The number of pyridine rings is 1. The van der Waals surface area contributed by atoms with Crippen LogP contribution in [-0.2, 0) is 0 Å². The van der Waals surface area contributed by atoms with Gasteiger partial charge in [-0.1, -0.05) is 133 Å². The van der Waals surface area contributed by atoms with Gasteiger partial charge >= 0.3 is 0 Å². The Balaban J connectivity index is 1.15. The van der Waals surface area contributed by atoms with Gasteiger partial charge in [0, 0.05) is 65.6 Å². The summed E-state index contributed by atoms with van der Waals surface area (Å²) in [7, 11) is 0. The van der Waals surface area contributed by atoms with Crippen molar-refractivity contribution in [1.29, 1.82) is 0 Å². The number of hydrogen-bond donors (Lipinski definition) is 0. The number of thiophene rings is 1. The van der Waals surface area contributed by atoms with Crippen molar-refractivity contribution in [3.8, 4) is 62.1 Å². The lowest BCUT2D eigenvalue weighted by Crippen LogP contribution is -2.04. The molecule has 0 amide bonds. The zero-order chi connectivity index (χ0) is 37.0. The zero-order valence-electron chi connectivity index (χ0n) is 30.0. The standard InChI is InChI=1S/C50H31N5S/c1-2-13-32(14-3-1)48-52-49(35-16-10-15-34(29-35)37-21-11-22-41-40-20-6-9-25-46(40)56-47(37)41)54-50(53-48)42-27-26-33(36-17-12-28-51-31-36)30-45(42)55-43-23-7-4-18-38(43)39-19-5-8-24-44(39)55/h1-31H. The number of rotatable bonds is 6. The molecule has 0 radical (unpaired) electrons. The summed E-state index contributed by atoms with van der Waals surface area (Å²) < 4.78 is 4.91. The van der Waals surface area contributed by atoms with Crippen molar-refractivity contribution in [2.45, 2.75) is 0 Å². The molecule has 0 saturated heterocycles. The van der Waals surface area contributed by atoms with Crippen molar-refractivity contribution in [3.05, 3.63) is 188 Å². The predicted octanol–water partition coefficient (Wildman–Crippen LogP) is 13.1. The van der Waals surface area contributed by atoms with Crippen LogP contribution in [-0.4, -0.2) is 24.5 Å². The Morgan fingerprint density at radius 3 is 1.80 bits per heavy atom. The fraction of sp³-hybridized carbons (Fsp3) is 0. The predicted molar refractivity (Wildman–Crippen MR) is 232 cm³/mol. The Morgan fingerprint density at radius 1 is 0.393 bits per heavy atom. The summed E-state index contributed by atoms with van der Waals surface area (Å²) in [6, 6.07) is 61.8. The van der Waals surface area contributed by atoms with Crippen LogP contribution in [0.4, 0.5) is 0 Å². The molecule has 11 rings (SSSR count). The van der Waals surface area contributed by atoms with Crippen molar-refractivity contribution in [1.82, 2.24) is 24.5 Å². The number of para-hydroxylation sites is 2. The molecule has 0 atom stereocenters. The van der Waals surface area contributed by atoms with Gasteiger partial charge in [-0.05, 0) is 59.2 Å². The molecule has 0 fully saturated rings.